The van der Waals surface area contributed by atoms with Crippen molar-refractivity contribution in [1.29, 1.82) is 0 Å². The number of ether oxygens (including phenoxy) is 1. The van der Waals surface area contributed by atoms with Gasteiger partial charge in [-0.15, -0.1) is 6.58 Å². The molecule has 2 rings (SSSR count). The Morgan fingerprint density at radius 1 is 1.03 bits per heavy atom. The summed E-state index contributed by atoms with van der Waals surface area (Å²) in [5.74, 6) is -2.36. The molecule has 0 radical (unpaired) electrons. The number of esters is 1. The van der Waals surface area contributed by atoms with E-state index in [-0.39, 0.29) is 18.6 Å². The van der Waals surface area contributed by atoms with Crippen molar-refractivity contribution in [1.82, 2.24) is 0 Å². The van der Waals surface area contributed by atoms with Crippen molar-refractivity contribution in [3.63, 3.8) is 0 Å². The number of allylic oxidation sites excluding steroid dienone is 2. The molecule has 31 heavy (non-hydrogen) atoms. The number of imide groups is 1. The Morgan fingerprint density at radius 2 is 1.65 bits per heavy atom. The van der Waals surface area contributed by atoms with E-state index in [0.29, 0.717) is 16.8 Å². The van der Waals surface area contributed by atoms with Gasteiger partial charge in [0, 0.05) is 11.1 Å². The van der Waals surface area contributed by atoms with Gasteiger partial charge in [0.1, 0.15) is 0 Å². The van der Waals surface area contributed by atoms with Gasteiger partial charge in [0.25, 0.3) is 11.8 Å². The smallest absolute Gasteiger partial charge is 0.313 e. The van der Waals surface area contributed by atoms with E-state index >= 15 is 0 Å². The van der Waals surface area contributed by atoms with Crippen LogP contribution in [0, 0.1) is 12.8 Å². The Kier molecular flexibility index (Phi) is 8.50. The van der Waals surface area contributed by atoms with Crippen LogP contribution < -0.4 is 4.90 Å². The molecule has 0 saturated carbocycles. The number of rotatable bonds is 8. The molecule has 162 valence electrons. The van der Waals surface area contributed by atoms with Crippen LogP contribution in [0.1, 0.15) is 43.1 Å². The normalized spacial score (nSPS) is 11.2. The van der Waals surface area contributed by atoms with Crippen LogP contribution in [-0.4, -0.2) is 24.4 Å². The summed E-state index contributed by atoms with van der Waals surface area (Å²) >= 11 is 0. The number of hydrogen-bond acceptors (Lipinski definition) is 4. The summed E-state index contributed by atoms with van der Waals surface area (Å²) in [5, 5.41) is 0. The largest absolute Gasteiger partial charge is 0.466 e. The second-order valence-corrected chi connectivity index (χ2v) is 7.39. The van der Waals surface area contributed by atoms with Crippen LogP contribution in [0.4, 0.5) is 5.69 Å². The van der Waals surface area contributed by atoms with Gasteiger partial charge in [-0.05, 0) is 58.4 Å². The fourth-order valence-corrected chi connectivity index (χ4v) is 3.30. The minimum atomic E-state index is -0.841. The third kappa shape index (κ3) is 5.79. The summed E-state index contributed by atoms with van der Waals surface area (Å²) in [7, 11) is 0. The standard InChI is InChI=1S/C26H29NO4/c1-6-11-22(26(30)31-7-2)23(18(3)4)25(29)27(21-16-14-19(5)15-17-21)24(28)20-12-9-8-10-13-20/h6,8-10,12-17,22H,1,7,11H2,2-5H3. The topological polar surface area (TPSA) is 63.7 Å². The lowest BCUT2D eigenvalue weighted by Crippen LogP contribution is -2.41. The van der Waals surface area contributed by atoms with Gasteiger partial charge in [-0.2, -0.15) is 0 Å². The van der Waals surface area contributed by atoms with Crippen molar-refractivity contribution in [3.8, 4) is 0 Å². The number of hydrogen-bond donors (Lipinski definition) is 0. The van der Waals surface area contributed by atoms with Crippen LogP contribution in [0.5, 0.6) is 0 Å². The summed E-state index contributed by atoms with van der Waals surface area (Å²) in [4.78, 5) is 41.0. The molecule has 2 aromatic carbocycles. The number of benzene rings is 2. The molecule has 2 amide bonds. The molecule has 0 aliphatic rings. The van der Waals surface area contributed by atoms with E-state index in [9.17, 15) is 14.4 Å². The van der Waals surface area contributed by atoms with Crippen molar-refractivity contribution < 1.29 is 19.1 Å². The minimum absolute atomic E-state index is 0.196. The molecule has 0 aliphatic carbocycles. The quantitative estimate of drug-likeness (QED) is 0.333. The van der Waals surface area contributed by atoms with Crippen molar-refractivity contribution in [2.24, 2.45) is 5.92 Å². The Morgan fingerprint density at radius 3 is 2.16 bits per heavy atom. The highest BCUT2D eigenvalue weighted by Gasteiger charge is 2.35. The van der Waals surface area contributed by atoms with Crippen molar-refractivity contribution in [3.05, 3.63) is 89.5 Å². The Labute approximate surface area is 184 Å². The minimum Gasteiger partial charge on any atom is -0.466 e. The highest BCUT2D eigenvalue weighted by atomic mass is 16.5. The maximum absolute atomic E-state index is 13.8. The highest BCUT2D eigenvalue weighted by molar-refractivity contribution is 6.26. The second-order valence-electron chi connectivity index (χ2n) is 7.39. The monoisotopic (exact) mass is 419 g/mol. The third-order valence-electron chi connectivity index (χ3n) is 4.81. The summed E-state index contributed by atoms with van der Waals surface area (Å²) in [6.45, 7) is 11.1. The fraction of sp³-hybridized carbons (Fsp3) is 0.269. The van der Waals surface area contributed by atoms with Crippen LogP contribution in [0.25, 0.3) is 0 Å². The van der Waals surface area contributed by atoms with E-state index in [1.54, 1.807) is 69.3 Å². The molecule has 0 aromatic heterocycles. The zero-order chi connectivity index (χ0) is 23.0. The molecular weight excluding hydrogens is 390 g/mol. The average molecular weight is 420 g/mol. The van der Waals surface area contributed by atoms with E-state index in [0.717, 1.165) is 10.5 Å². The van der Waals surface area contributed by atoms with Gasteiger partial charge >= 0.3 is 5.97 Å². The number of anilines is 1. The zero-order valence-electron chi connectivity index (χ0n) is 18.6. The fourth-order valence-electron chi connectivity index (χ4n) is 3.30. The molecular formula is C26H29NO4. The van der Waals surface area contributed by atoms with Gasteiger partial charge in [0.2, 0.25) is 0 Å². The zero-order valence-corrected chi connectivity index (χ0v) is 18.6. The molecule has 0 heterocycles. The maximum atomic E-state index is 13.8. The highest BCUT2D eigenvalue weighted by Crippen LogP contribution is 2.28. The van der Waals surface area contributed by atoms with Crippen LogP contribution in [0.15, 0.2) is 78.4 Å². The summed E-state index contributed by atoms with van der Waals surface area (Å²) in [5.41, 5.74) is 2.69. The predicted octanol–water partition coefficient (Wildman–Crippen LogP) is 5.26. The van der Waals surface area contributed by atoms with Gasteiger partial charge < -0.3 is 4.74 Å². The third-order valence-corrected chi connectivity index (χ3v) is 4.81. The average Bonchev–Trinajstić information content (AvgIpc) is 2.75. The van der Waals surface area contributed by atoms with E-state index in [1.165, 1.54) is 0 Å². The molecule has 0 saturated heterocycles. The van der Waals surface area contributed by atoms with Gasteiger partial charge in [-0.1, -0.05) is 47.5 Å². The lowest BCUT2D eigenvalue weighted by atomic mass is 9.90. The van der Waals surface area contributed by atoms with Crippen molar-refractivity contribution >= 4 is 23.5 Å². The Bertz CT molecular complexity index is 970. The number of amides is 2. The Hall–Kier alpha value is -3.47. The molecule has 0 fully saturated rings. The lowest BCUT2D eigenvalue weighted by molar-refractivity contribution is -0.147. The molecule has 0 N–H and O–H groups in total. The summed E-state index contributed by atoms with van der Waals surface area (Å²) < 4.78 is 5.21. The molecule has 1 atom stereocenters. The van der Waals surface area contributed by atoms with Crippen molar-refractivity contribution in [2.75, 3.05) is 11.5 Å². The van der Waals surface area contributed by atoms with Crippen LogP contribution in [0.3, 0.4) is 0 Å². The van der Waals surface area contributed by atoms with Gasteiger partial charge in [-0.25, -0.2) is 4.90 Å². The molecule has 1 unspecified atom stereocenters. The van der Waals surface area contributed by atoms with Crippen molar-refractivity contribution in [2.45, 2.75) is 34.1 Å². The van der Waals surface area contributed by atoms with Crippen LogP contribution >= 0.6 is 0 Å². The number of aryl methyl sites for hydroxylation is 1. The number of carbonyl (C=O) groups excluding carboxylic acids is 3. The number of nitrogens with zero attached hydrogens (tertiary/aromatic N) is 1. The van der Waals surface area contributed by atoms with E-state index < -0.39 is 23.7 Å². The van der Waals surface area contributed by atoms with Gasteiger partial charge in [-0.3, -0.25) is 14.4 Å². The molecule has 0 aliphatic heterocycles. The first kappa shape index (κ1) is 23.8. The van der Waals surface area contributed by atoms with Crippen LogP contribution in [-0.2, 0) is 14.3 Å². The molecule has 0 bridgehead atoms. The van der Waals surface area contributed by atoms with E-state index in [1.807, 2.05) is 19.1 Å². The first-order chi connectivity index (χ1) is 14.8. The van der Waals surface area contributed by atoms with Gasteiger partial charge in [0.05, 0.1) is 18.2 Å². The SMILES string of the molecule is C=CCC(C(=O)OCC)C(C(=O)N(C(=O)c1ccccc1)c1ccc(C)cc1)=C(C)C. The second kappa shape index (κ2) is 11.1. The lowest BCUT2D eigenvalue weighted by Gasteiger charge is -2.26. The molecule has 2 aromatic rings. The molecule has 0 spiro atoms. The van der Waals surface area contributed by atoms with E-state index in [2.05, 4.69) is 6.58 Å². The van der Waals surface area contributed by atoms with Gasteiger partial charge in [0.15, 0.2) is 0 Å². The first-order valence-corrected chi connectivity index (χ1v) is 10.3. The maximum Gasteiger partial charge on any atom is 0.313 e. The summed E-state index contributed by atoms with van der Waals surface area (Å²) in [6.07, 6.45) is 1.80. The van der Waals surface area contributed by atoms with Crippen LogP contribution in [0.2, 0.25) is 0 Å². The first-order valence-electron chi connectivity index (χ1n) is 10.3. The summed E-state index contributed by atoms with van der Waals surface area (Å²) in [6, 6.07) is 15.7. The molecule has 5 nitrogen and oxygen atoms in total. The predicted molar refractivity (Wildman–Crippen MR) is 123 cm³/mol. The van der Waals surface area contributed by atoms with E-state index in [4.69, 9.17) is 4.74 Å². The Balaban J connectivity index is 2.61. The molecule has 5 heteroatoms. The number of carbonyl (C=O) groups is 3.